The zero-order valence-corrected chi connectivity index (χ0v) is 9.23. The van der Waals surface area contributed by atoms with E-state index in [0.717, 1.165) is 23.6 Å². The van der Waals surface area contributed by atoms with Crippen molar-refractivity contribution in [3.05, 3.63) is 23.2 Å². The van der Waals surface area contributed by atoms with Gasteiger partial charge in [0.25, 0.3) is 0 Å². The van der Waals surface area contributed by atoms with Crippen LogP contribution in [-0.2, 0) is 6.54 Å². The Bertz CT molecular complexity index is 479. The summed E-state index contributed by atoms with van der Waals surface area (Å²) in [6, 6.07) is 1.85. The molecule has 0 saturated carbocycles. The zero-order chi connectivity index (χ0) is 10.8. The van der Waals surface area contributed by atoms with E-state index in [4.69, 9.17) is 11.6 Å². The summed E-state index contributed by atoms with van der Waals surface area (Å²) in [6.45, 7) is 4.60. The van der Waals surface area contributed by atoms with E-state index in [2.05, 4.69) is 20.3 Å². The van der Waals surface area contributed by atoms with Crippen molar-refractivity contribution in [3.63, 3.8) is 0 Å². The number of hydrogen-bond donors (Lipinski definition) is 0. The molecule has 5 nitrogen and oxygen atoms in total. The molecular weight excluding hydrogens is 214 g/mol. The van der Waals surface area contributed by atoms with Gasteiger partial charge in [0.05, 0.1) is 11.3 Å². The van der Waals surface area contributed by atoms with Crippen LogP contribution in [0.2, 0.25) is 5.15 Å². The van der Waals surface area contributed by atoms with Crippen LogP contribution in [0.15, 0.2) is 12.4 Å². The van der Waals surface area contributed by atoms with Gasteiger partial charge in [-0.1, -0.05) is 11.6 Å². The highest BCUT2D eigenvalue weighted by Crippen LogP contribution is 2.23. The maximum Gasteiger partial charge on any atom is 0.162 e. The van der Waals surface area contributed by atoms with Crippen molar-refractivity contribution in [1.82, 2.24) is 25.0 Å². The first-order chi connectivity index (χ1) is 7.22. The normalized spacial score (nSPS) is 10.6. The minimum absolute atomic E-state index is 0.350. The number of halogens is 1. The maximum absolute atomic E-state index is 5.96. The molecule has 0 atom stereocenters. The quantitative estimate of drug-likeness (QED) is 0.778. The van der Waals surface area contributed by atoms with Crippen LogP contribution in [0.5, 0.6) is 0 Å². The smallest absolute Gasteiger partial charge is 0.162 e. The minimum Gasteiger partial charge on any atom is -0.246 e. The fourth-order valence-corrected chi connectivity index (χ4v) is 1.51. The van der Waals surface area contributed by atoms with Gasteiger partial charge in [-0.3, -0.25) is 0 Å². The van der Waals surface area contributed by atoms with Crippen molar-refractivity contribution >= 4 is 11.6 Å². The highest BCUT2D eigenvalue weighted by molar-refractivity contribution is 6.31. The lowest BCUT2D eigenvalue weighted by Gasteiger charge is -2.04. The highest BCUT2D eigenvalue weighted by atomic mass is 35.5. The van der Waals surface area contributed by atoms with E-state index < -0.39 is 0 Å². The minimum atomic E-state index is 0.350. The van der Waals surface area contributed by atoms with Gasteiger partial charge in [0, 0.05) is 6.54 Å². The molecule has 2 aromatic rings. The predicted molar refractivity (Wildman–Crippen MR) is 56.5 cm³/mol. The second kappa shape index (κ2) is 3.94. The SMILES string of the molecule is CCn1ncnc1-c1cc(C)nnc1Cl. The average Bonchev–Trinajstić information content (AvgIpc) is 2.69. The second-order valence-corrected chi connectivity index (χ2v) is 3.45. The molecular formula is C9H10ClN5. The predicted octanol–water partition coefficient (Wildman–Crippen LogP) is 1.72. The summed E-state index contributed by atoms with van der Waals surface area (Å²) in [5, 5.41) is 12.1. The van der Waals surface area contributed by atoms with Crippen molar-refractivity contribution in [3.8, 4) is 11.4 Å². The summed E-state index contributed by atoms with van der Waals surface area (Å²) in [6.07, 6.45) is 1.50. The van der Waals surface area contributed by atoms with Gasteiger partial charge in [0.2, 0.25) is 0 Å². The topological polar surface area (TPSA) is 56.5 Å². The highest BCUT2D eigenvalue weighted by Gasteiger charge is 2.11. The Labute approximate surface area is 92.1 Å². The molecule has 0 unspecified atom stereocenters. The molecule has 0 radical (unpaired) electrons. The third kappa shape index (κ3) is 1.83. The zero-order valence-electron chi connectivity index (χ0n) is 8.48. The molecule has 0 fully saturated rings. The van der Waals surface area contributed by atoms with Crippen molar-refractivity contribution in [2.75, 3.05) is 0 Å². The van der Waals surface area contributed by atoms with Gasteiger partial charge in [0.1, 0.15) is 6.33 Å². The molecule has 78 valence electrons. The molecule has 0 aliphatic rings. The first-order valence-electron chi connectivity index (χ1n) is 4.60. The molecule has 0 spiro atoms. The van der Waals surface area contributed by atoms with Crippen molar-refractivity contribution < 1.29 is 0 Å². The second-order valence-electron chi connectivity index (χ2n) is 3.09. The summed E-state index contributed by atoms with van der Waals surface area (Å²) in [5.74, 6) is 0.723. The molecule has 6 heteroatoms. The molecule has 0 N–H and O–H groups in total. The largest absolute Gasteiger partial charge is 0.246 e. The van der Waals surface area contributed by atoms with Crippen LogP contribution in [0.4, 0.5) is 0 Å². The lowest BCUT2D eigenvalue weighted by atomic mass is 10.2. The summed E-state index contributed by atoms with van der Waals surface area (Å²) in [7, 11) is 0. The lowest BCUT2D eigenvalue weighted by molar-refractivity contribution is 0.665. The van der Waals surface area contributed by atoms with Crippen molar-refractivity contribution in [2.24, 2.45) is 0 Å². The Morgan fingerprint density at radius 3 is 2.93 bits per heavy atom. The van der Waals surface area contributed by atoms with E-state index in [9.17, 15) is 0 Å². The van der Waals surface area contributed by atoms with Gasteiger partial charge in [-0.2, -0.15) is 10.2 Å². The van der Waals surface area contributed by atoms with Crippen LogP contribution in [0.3, 0.4) is 0 Å². The Morgan fingerprint density at radius 2 is 2.20 bits per heavy atom. The standard InChI is InChI=1S/C9H10ClN5/c1-3-15-9(11-5-12-15)7-4-6(2)13-14-8(7)10/h4-5H,3H2,1-2H3. The Morgan fingerprint density at radius 1 is 1.40 bits per heavy atom. The Hall–Kier alpha value is -1.49. The van der Waals surface area contributed by atoms with Gasteiger partial charge >= 0.3 is 0 Å². The van der Waals surface area contributed by atoms with Crippen LogP contribution in [-0.4, -0.2) is 25.0 Å². The first-order valence-corrected chi connectivity index (χ1v) is 4.98. The Kier molecular flexibility index (Phi) is 2.64. The number of rotatable bonds is 2. The molecule has 2 aromatic heterocycles. The third-order valence-electron chi connectivity index (χ3n) is 2.03. The summed E-state index contributed by atoms with van der Waals surface area (Å²) in [5.41, 5.74) is 1.57. The van der Waals surface area contributed by atoms with Crippen LogP contribution < -0.4 is 0 Å². The van der Waals surface area contributed by atoms with E-state index in [0.29, 0.717) is 5.15 Å². The molecule has 2 rings (SSSR count). The van der Waals surface area contributed by atoms with Gasteiger partial charge in [-0.15, -0.1) is 5.10 Å². The van der Waals surface area contributed by atoms with E-state index in [1.54, 1.807) is 4.68 Å². The summed E-state index contributed by atoms with van der Waals surface area (Å²) in [4.78, 5) is 4.16. The van der Waals surface area contributed by atoms with E-state index in [1.807, 2.05) is 19.9 Å². The van der Waals surface area contributed by atoms with Crippen LogP contribution >= 0.6 is 11.6 Å². The molecule has 2 heterocycles. The molecule has 0 amide bonds. The molecule has 15 heavy (non-hydrogen) atoms. The van der Waals surface area contributed by atoms with E-state index >= 15 is 0 Å². The van der Waals surface area contributed by atoms with E-state index in [1.165, 1.54) is 6.33 Å². The molecule has 0 bridgehead atoms. The van der Waals surface area contributed by atoms with Gasteiger partial charge in [0.15, 0.2) is 11.0 Å². The molecule has 0 aliphatic heterocycles. The first kappa shape index (κ1) is 10.0. The number of aryl methyl sites for hydroxylation is 2. The van der Waals surface area contributed by atoms with Gasteiger partial charge in [-0.25, -0.2) is 9.67 Å². The Balaban J connectivity index is 2.58. The molecule has 0 aromatic carbocycles. The third-order valence-corrected chi connectivity index (χ3v) is 2.31. The van der Waals surface area contributed by atoms with E-state index in [-0.39, 0.29) is 0 Å². The summed E-state index contributed by atoms with van der Waals surface area (Å²) < 4.78 is 1.77. The fraction of sp³-hybridized carbons (Fsp3) is 0.333. The van der Waals surface area contributed by atoms with Gasteiger partial charge < -0.3 is 0 Å². The number of hydrogen-bond acceptors (Lipinski definition) is 4. The van der Waals surface area contributed by atoms with Crippen LogP contribution in [0.1, 0.15) is 12.6 Å². The molecule has 0 aliphatic carbocycles. The summed E-state index contributed by atoms with van der Waals surface area (Å²) >= 11 is 5.96. The number of nitrogens with zero attached hydrogens (tertiary/aromatic N) is 5. The van der Waals surface area contributed by atoms with Crippen molar-refractivity contribution in [1.29, 1.82) is 0 Å². The number of aromatic nitrogens is 5. The average molecular weight is 224 g/mol. The lowest BCUT2D eigenvalue weighted by Crippen LogP contribution is -2.01. The van der Waals surface area contributed by atoms with Gasteiger partial charge in [-0.05, 0) is 19.9 Å². The monoisotopic (exact) mass is 223 g/mol. The van der Waals surface area contributed by atoms with Crippen molar-refractivity contribution in [2.45, 2.75) is 20.4 Å². The maximum atomic E-state index is 5.96. The van der Waals surface area contributed by atoms with Crippen LogP contribution in [0, 0.1) is 6.92 Å². The molecule has 0 saturated heterocycles. The van der Waals surface area contributed by atoms with Crippen LogP contribution in [0.25, 0.3) is 11.4 Å². The fourth-order valence-electron chi connectivity index (χ4n) is 1.33.